The SMILES string of the molecule is CNC(Cc1ccn(C2CCCC2)n1)C1CCCC1(C)C. The molecule has 0 bridgehead atoms. The highest BCUT2D eigenvalue weighted by Gasteiger charge is 2.39. The van der Waals surface area contributed by atoms with E-state index < -0.39 is 0 Å². The van der Waals surface area contributed by atoms with E-state index >= 15 is 0 Å². The summed E-state index contributed by atoms with van der Waals surface area (Å²) < 4.78 is 2.23. The second-order valence-electron chi connectivity index (χ2n) is 7.81. The highest BCUT2D eigenvalue weighted by molar-refractivity contribution is 5.05. The lowest BCUT2D eigenvalue weighted by molar-refractivity contribution is 0.200. The molecule has 2 saturated carbocycles. The zero-order valence-electron chi connectivity index (χ0n) is 13.9. The fourth-order valence-electron chi connectivity index (χ4n) is 4.63. The highest BCUT2D eigenvalue weighted by Crippen LogP contribution is 2.44. The van der Waals surface area contributed by atoms with Crippen LogP contribution in [0.25, 0.3) is 0 Å². The first kappa shape index (κ1) is 15.1. The number of hydrogen-bond acceptors (Lipinski definition) is 2. The van der Waals surface area contributed by atoms with Crippen LogP contribution >= 0.6 is 0 Å². The predicted octanol–water partition coefficient (Wildman–Crippen LogP) is 3.96. The molecule has 0 aromatic carbocycles. The van der Waals surface area contributed by atoms with Gasteiger partial charge in [0.1, 0.15) is 0 Å². The van der Waals surface area contributed by atoms with Crippen molar-refractivity contribution in [2.75, 3.05) is 7.05 Å². The van der Waals surface area contributed by atoms with Crippen LogP contribution in [0.4, 0.5) is 0 Å². The van der Waals surface area contributed by atoms with Crippen molar-refractivity contribution in [2.45, 2.75) is 77.3 Å². The Balaban J connectivity index is 1.66. The van der Waals surface area contributed by atoms with Gasteiger partial charge in [-0.05, 0) is 50.1 Å². The largest absolute Gasteiger partial charge is 0.316 e. The van der Waals surface area contributed by atoms with Crippen LogP contribution in [0.5, 0.6) is 0 Å². The average molecular weight is 289 g/mol. The normalized spacial score (nSPS) is 27.3. The van der Waals surface area contributed by atoms with Crippen LogP contribution in [0.15, 0.2) is 12.3 Å². The summed E-state index contributed by atoms with van der Waals surface area (Å²) in [4.78, 5) is 0. The minimum atomic E-state index is 0.474. The van der Waals surface area contributed by atoms with Gasteiger partial charge in [-0.3, -0.25) is 4.68 Å². The topological polar surface area (TPSA) is 29.9 Å². The first-order valence-corrected chi connectivity index (χ1v) is 8.81. The molecule has 118 valence electrons. The summed E-state index contributed by atoms with van der Waals surface area (Å²) in [5, 5.41) is 8.45. The van der Waals surface area contributed by atoms with Crippen LogP contribution in [0.1, 0.15) is 70.5 Å². The molecule has 1 N–H and O–H groups in total. The zero-order chi connectivity index (χ0) is 14.9. The van der Waals surface area contributed by atoms with Gasteiger partial charge in [0.2, 0.25) is 0 Å². The van der Waals surface area contributed by atoms with E-state index in [1.54, 1.807) is 0 Å². The van der Waals surface area contributed by atoms with Gasteiger partial charge < -0.3 is 5.32 Å². The van der Waals surface area contributed by atoms with Gasteiger partial charge in [0.25, 0.3) is 0 Å². The van der Waals surface area contributed by atoms with Crippen molar-refractivity contribution in [3.05, 3.63) is 18.0 Å². The van der Waals surface area contributed by atoms with Gasteiger partial charge in [0.05, 0.1) is 11.7 Å². The molecule has 2 atom stereocenters. The summed E-state index contributed by atoms with van der Waals surface area (Å²) in [5.41, 5.74) is 1.74. The molecule has 21 heavy (non-hydrogen) atoms. The quantitative estimate of drug-likeness (QED) is 0.889. The Morgan fingerprint density at radius 1 is 1.29 bits per heavy atom. The smallest absolute Gasteiger partial charge is 0.0640 e. The van der Waals surface area contributed by atoms with Crippen molar-refractivity contribution in [1.29, 1.82) is 0 Å². The lowest BCUT2D eigenvalue weighted by atomic mass is 9.76. The molecule has 2 aliphatic rings. The van der Waals surface area contributed by atoms with Crippen LogP contribution in [-0.4, -0.2) is 22.9 Å². The van der Waals surface area contributed by atoms with Crippen molar-refractivity contribution in [1.82, 2.24) is 15.1 Å². The molecule has 0 spiro atoms. The number of hydrogen-bond donors (Lipinski definition) is 1. The molecule has 0 radical (unpaired) electrons. The van der Waals surface area contributed by atoms with E-state index in [2.05, 4.69) is 43.2 Å². The summed E-state index contributed by atoms with van der Waals surface area (Å²) in [6, 6.07) is 3.47. The fraction of sp³-hybridized carbons (Fsp3) is 0.833. The van der Waals surface area contributed by atoms with Crippen molar-refractivity contribution in [3.63, 3.8) is 0 Å². The molecule has 2 unspecified atom stereocenters. The first-order chi connectivity index (χ1) is 10.1. The lowest BCUT2D eigenvalue weighted by Crippen LogP contribution is -2.40. The van der Waals surface area contributed by atoms with Gasteiger partial charge in [-0.15, -0.1) is 0 Å². The van der Waals surface area contributed by atoms with E-state index in [4.69, 9.17) is 5.10 Å². The first-order valence-electron chi connectivity index (χ1n) is 8.81. The number of likely N-dealkylation sites (N-methyl/N-ethyl adjacent to an activating group) is 1. The second kappa shape index (κ2) is 6.12. The molecule has 3 heteroatoms. The number of nitrogens with one attached hydrogen (secondary N) is 1. The minimum absolute atomic E-state index is 0.474. The maximum atomic E-state index is 4.88. The van der Waals surface area contributed by atoms with Crippen LogP contribution in [0.2, 0.25) is 0 Å². The van der Waals surface area contributed by atoms with Crippen molar-refractivity contribution in [3.8, 4) is 0 Å². The molecule has 1 heterocycles. The van der Waals surface area contributed by atoms with E-state index in [1.807, 2.05) is 0 Å². The van der Waals surface area contributed by atoms with Crippen LogP contribution in [-0.2, 0) is 6.42 Å². The van der Waals surface area contributed by atoms with Crippen molar-refractivity contribution in [2.24, 2.45) is 11.3 Å². The third kappa shape index (κ3) is 3.18. The van der Waals surface area contributed by atoms with Gasteiger partial charge in [-0.1, -0.05) is 33.1 Å². The number of nitrogens with zero attached hydrogens (tertiary/aromatic N) is 2. The third-order valence-corrected chi connectivity index (χ3v) is 5.99. The van der Waals surface area contributed by atoms with Gasteiger partial charge in [-0.2, -0.15) is 5.10 Å². The van der Waals surface area contributed by atoms with Gasteiger partial charge in [0.15, 0.2) is 0 Å². The monoisotopic (exact) mass is 289 g/mol. The molecule has 3 rings (SSSR count). The predicted molar refractivity (Wildman–Crippen MR) is 87.4 cm³/mol. The van der Waals surface area contributed by atoms with E-state index in [-0.39, 0.29) is 0 Å². The fourth-order valence-corrected chi connectivity index (χ4v) is 4.63. The Hall–Kier alpha value is -0.830. The second-order valence-corrected chi connectivity index (χ2v) is 7.81. The Labute approximate surface area is 129 Å². The molecule has 1 aromatic heterocycles. The summed E-state index contributed by atoms with van der Waals surface area (Å²) >= 11 is 0. The standard InChI is InChI=1S/C18H31N3/c1-18(2)11-6-9-16(18)17(19-3)13-14-10-12-21(20-14)15-7-4-5-8-15/h10,12,15-17,19H,4-9,11,13H2,1-3H3. The van der Waals surface area contributed by atoms with E-state index in [0.717, 1.165) is 12.3 Å². The molecule has 0 saturated heterocycles. The van der Waals surface area contributed by atoms with E-state index in [1.165, 1.54) is 50.6 Å². The van der Waals surface area contributed by atoms with Crippen molar-refractivity contribution < 1.29 is 0 Å². The molecule has 0 amide bonds. The summed E-state index contributed by atoms with van der Waals surface area (Å²) in [7, 11) is 2.12. The molecule has 3 nitrogen and oxygen atoms in total. The lowest BCUT2D eigenvalue weighted by Gasteiger charge is -2.33. The summed E-state index contributed by atoms with van der Waals surface area (Å²) in [6.45, 7) is 4.87. The zero-order valence-corrected chi connectivity index (χ0v) is 13.9. The van der Waals surface area contributed by atoms with E-state index in [9.17, 15) is 0 Å². The molecular weight excluding hydrogens is 258 g/mol. The Kier molecular flexibility index (Phi) is 4.39. The molecule has 1 aromatic rings. The van der Waals surface area contributed by atoms with Crippen LogP contribution < -0.4 is 5.32 Å². The average Bonchev–Trinajstić information content (AvgIpc) is 3.15. The maximum absolute atomic E-state index is 4.88. The third-order valence-electron chi connectivity index (χ3n) is 5.99. The Morgan fingerprint density at radius 2 is 2.05 bits per heavy atom. The number of rotatable bonds is 5. The summed E-state index contributed by atoms with van der Waals surface area (Å²) in [5.74, 6) is 0.777. The van der Waals surface area contributed by atoms with Crippen molar-refractivity contribution >= 4 is 0 Å². The molecule has 2 fully saturated rings. The highest BCUT2D eigenvalue weighted by atomic mass is 15.3. The maximum Gasteiger partial charge on any atom is 0.0640 e. The molecular formula is C18H31N3. The van der Waals surface area contributed by atoms with Gasteiger partial charge in [-0.25, -0.2) is 0 Å². The van der Waals surface area contributed by atoms with Crippen LogP contribution in [0.3, 0.4) is 0 Å². The minimum Gasteiger partial charge on any atom is -0.316 e. The van der Waals surface area contributed by atoms with Gasteiger partial charge >= 0.3 is 0 Å². The Bertz CT molecular complexity index is 457. The van der Waals surface area contributed by atoms with E-state index in [0.29, 0.717) is 17.5 Å². The molecule has 2 aliphatic carbocycles. The Morgan fingerprint density at radius 3 is 2.67 bits per heavy atom. The number of aromatic nitrogens is 2. The molecule has 0 aliphatic heterocycles. The summed E-state index contributed by atoms with van der Waals surface area (Å²) in [6.07, 6.45) is 12.8. The van der Waals surface area contributed by atoms with Crippen LogP contribution in [0, 0.1) is 11.3 Å². The van der Waals surface area contributed by atoms with Gasteiger partial charge in [0, 0.05) is 18.7 Å².